The summed E-state index contributed by atoms with van der Waals surface area (Å²) < 4.78 is 20.2. The van der Waals surface area contributed by atoms with E-state index in [2.05, 4.69) is 10.3 Å². The van der Waals surface area contributed by atoms with E-state index in [9.17, 15) is 14.3 Å². The molecule has 2 aromatic carbocycles. The Morgan fingerprint density at radius 3 is 2.75 bits per heavy atom. The lowest BCUT2D eigenvalue weighted by Gasteiger charge is -2.15. The Labute approximate surface area is 187 Å². The first-order chi connectivity index (χ1) is 15.5. The number of aliphatic hydroxyl groups is 1. The molecule has 1 heterocycles. The van der Waals surface area contributed by atoms with Crippen molar-refractivity contribution in [2.75, 3.05) is 6.61 Å². The Morgan fingerprint density at radius 2 is 2.00 bits per heavy atom. The Bertz CT molecular complexity index is 1140. The van der Waals surface area contributed by atoms with Gasteiger partial charge in [0, 0.05) is 23.9 Å². The zero-order valence-corrected chi connectivity index (χ0v) is 18.3. The van der Waals surface area contributed by atoms with Gasteiger partial charge in [0.1, 0.15) is 11.6 Å². The van der Waals surface area contributed by atoms with Gasteiger partial charge in [-0.05, 0) is 73.6 Å². The van der Waals surface area contributed by atoms with Crippen molar-refractivity contribution in [2.24, 2.45) is 5.92 Å². The highest BCUT2D eigenvalue weighted by Gasteiger charge is 2.23. The molecule has 0 bridgehead atoms. The molecule has 0 unspecified atom stereocenters. The average Bonchev–Trinajstić information content (AvgIpc) is 3.65. The summed E-state index contributed by atoms with van der Waals surface area (Å²) in [5.74, 6) is 0.491. The van der Waals surface area contributed by atoms with E-state index in [0.29, 0.717) is 46.2 Å². The molecule has 1 amide bonds. The molecule has 4 rings (SSSR count). The van der Waals surface area contributed by atoms with Gasteiger partial charge in [-0.2, -0.15) is 0 Å². The maximum Gasteiger partial charge on any atom is 0.255 e. The number of aliphatic hydroxyl groups excluding tert-OH is 1. The molecule has 166 valence electrons. The normalized spacial score (nSPS) is 13.1. The number of nitrogens with one attached hydrogen (secondary N) is 1. The minimum Gasteiger partial charge on any atom is -0.492 e. The lowest BCUT2D eigenvalue weighted by Crippen LogP contribution is -2.24. The molecular weight excluding hydrogens is 407 g/mol. The number of hydrogen-bond donors (Lipinski definition) is 2. The molecule has 1 aliphatic rings. The van der Waals surface area contributed by atoms with Crippen molar-refractivity contribution in [1.29, 1.82) is 0 Å². The number of nitrogens with zero attached hydrogens (tertiary/aromatic N) is 1. The van der Waals surface area contributed by atoms with Crippen LogP contribution in [0.5, 0.6) is 5.75 Å². The molecule has 6 heteroatoms. The van der Waals surface area contributed by atoms with Gasteiger partial charge in [0.15, 0.2) is 0 Å². The summed E-state index contributed by atoms with van der Waals surface area (Å²) in [6, 6.07) is 12.5. The van der Waals surface area contributed by atoms with Crippen LogP contribution in [0.15, 0.2) is 48.7 Å². The maximum atomic E-state index is 14.2. The summed E-state index contributed by atoms with van der Waals surface area (Å²) >= 11 is 0. The standard InChI is InChI=1S/C26H27FN2O3/c1-16-5-8-20(17(2)24(16)27)13-29-26(31)22-12-19(25-21(14-30)4-3-11-28-25)9-10-23(22)32-15-18-6-7-18/h3-5,8-12,18,30H,6-7,13-15H2,1-2H3,(H,29,31). The van der Waals surface area contributed by atoms with E-state index in [1.54, 1.807) is 50.4 Å². The third kappa shape index (κ3) is 4.81. The van der Waals surface area contributed by atoms with Crippen molar-refractivity contribution < 1.29 is 19.0 Å². The molecule has 0 atom stereocenters. The molecule has 2 N–H and O–H groups in total. The number of hydrogen-bond acceptors (Lipinski definition) is 4. The Kier molecular flexibility index (Phi) is 6.51. The summed E-state index contributed by atoms with van der Waals surface area (Å²) in [6.07, 6.45) is 3.94. The van der Waals surface area contributed by atoms with Crippen LogP contribution < -0.4 is 10.1 Å². The number of benzene rings is 2. The van der Waals surface area contributed by atoms with Crippen LogP contribution in [0.3, 0.4) is 0 Å². The fourth-order valence-electron chi connectivity index (χ4n) is 3.62. The van der Waals surface area contributed by atoms with Crippen molar-refractivity contribution in [3.8, 4) is 17.0 Å². The van der Waals surface area contributed by atoms with E-state index < -0.39 is 0 Å². The van der Waals surface area contributed by atoms with Crippen molar-refractivity contribution in [3.63, 3.8) is 0 Å². The molecule has 0 radical (unpaired) electrons. The predicted molar refractivity (Wildman–Crippen MR) is 121 cm³/mol. The second-order valence-corrected chi connectivity index (χ2v) is 8.30. The quantitative estimate of drug-likeness (QED) is 0.538. The first-order valence-electron chi connectivity index (χ1n) is 10.8. The van der Waals surface area contributed by atoms with Gasteiger partial charge < -0.3 is 15.2 Å². The van der Waals surface area contributed by atoms with Crippen LogP contribution in [0.4, 0.5) is 4.39 Å². The van der Waals surface area contributed by atoms with Gasteiger partial charge in [-0.25, -0.2) is 4.39 Å². The molecule has 0 spiro atoms. The van der Waals surface area contributed by atoms with Gasteiger partial charge in [0.25, 0.3) is 5.91 Å². The second-order valence-electron chi connectivity index (χ2n) is 8.30. The number of rotatable bonds is 8. The predicted octanol–water partition coefficient (Wildman–Crippen LogP) is 4.72. The van der Waals surface area contributed by atoms with Gasteiger partial charge >= 0.3 is 0 Å². The van der Waals surface area contributed by atoms with Crippen molar-refractivity contribution in [3.05, 3.63) is 82.3 Å². The molecule has 32 heavy (non-hydrogen) atoms. The van der Waals surface area contributed by atoms with E-state index in [1.807, 2.05) is 12.1 Å². The first kappa shape index (κ1) is 22.0. The second kappa shape index (κ2) is 9.49. The highest BCUT2D eigenvalue weighted by atomic mass is 19.1. The van der Waals surface area contributed by atoms with E-state index in [1.165, 1.54) is 0 Å². The van der Waals surface area contributed by atoms with Crippen molar-refractivity contribution >= 4 is 5.91 Å². The molecule has 5 nitrogen and oxygen atoms in total. The lowest BCUT2D eigenvalue weighted by molar-refractivity contribution is 0.0946. The smallest absolute Gasteiger partial charge is 0.255 e. The minimum absolute atomic E-state index is 0.150. The monoisotopic (exact) mass is 434 g/mol. The van der Waals surface area contributed by atoms with Crippen LogP contribution in [0.25, 0.3) is 11.3 Å². The lowest BCUT2D eigenvalue weighted by atomic mass is 10.0. The third-order valence-corrected chi connectivity index (χ3v) is 5.86. The molecule has 0 saturated heterocycles. The van der Waals surface area contributed by atoms with Crippen molar-refractivity contribution in [1.82, 2.24) is 10.3 Å². The van der Waals surface area contributed by atoms with E-state index in [0.717, 1.165) is 24.0 Å². The van der Waals surface area contributed by atoms with Crippen LogP contribution >= 0.6 is 0 Å². The Balaban J connectivity index is 1.61. The number of amides is 1. The molecule has 0 aliphatic heterocycles. The molecule has 1 saturated carbocycles. The largest absolute Gasteiger partial charge is 0.492 e. The molecule has 1 aromatic heterocycles. The number of pyridine rings is 1. The molecule has 1 aliphatic carbocycles. The average molecular weight is 435 g/mol. The molecule has 3 aromatic rings. The highest BCUT2D eigenvalue weighted by Crippen LogP contribution is 2.32. The van der Waals surface area contributed by atoms with Gasteiger partial charge in [0.05, 0.1) is 24.5 Å². The summed E-state index contributed by atoms with van der Waals surface area (Å²) in [7, 11) is 0. The minimum atomic E-state index is -0.306. The fourth-order valence-corrected chi connectivity index (χ4v) is 3.62. The zero-order valence-electron chi connectivity index (χ0n) is 18.3. The van der Waals surface area contributed by atoms with E-state index in [4.69, 9.17) is 4.74 Å². The molecular formula is C26H27FN2O3. The van der Waals surface area contributed by atoms with Crippen LogP contribution in [0.2, 0.25) is 0 Å². The summed E-state index contributed by atoms with van der Waals surface area (Å²) in [5, 5.41) is 12.6. The number of carbonyl (C=O) groups excluding carboxylic acids is 1. The van der Waals surface area contributed by atoms with Gasteiger partial charge in [-0.3, -0.25) is 9.78 Å². The van der Waals surface area contributed by atoms with Gasteiger partial charge in [-0.1, -0.05) is 18.2 Å². The van der Waals surface area contributed by atoms with Crippen LogP contribution in [-0.2, 0) is 13.2 Å². The van der Waals surface area contributed by atoms with Crippen LogP contribution in [0, 0.1) is 25.6 Å². The Morgan fingerprint density at radius 1 is 1.19 bits per heavy atom. The number of carbonyl (C=O) groups is 1. The number of aromatic nitrogens is 1. The first-order valence-corrected chi connectivity index (χ1v) is 10.8. The topological polar surface area (TPSA) is 71.5 Å². The number of aryl methyl sites for hydroxylation is 1. The van der Waals surface area contributed by atoms with Gasteiger partial charge in [0.2, 0.25) is 0 Å². The maximum absolute atomic E-state index is 14.2. The zero-order chi connectivity index (χ0) is 22.7. The van der Waals surface area contributed by atoms with Crippen LogP contribution in [-0.4, -0.2) is 22.6 Å². The summed E-state index contributed by atoms with van der Waals surface area (Å²) in [4.78, 5) is 17.5. The summed E-state index contributed by atoms with van der Waals surface area (Å²) in [5.41, 5.74) is 4.25. The third-order valence-electron chi connectivity index (χ3n) is 5.86. The summed E-state index contributed by atoms with van der Waals surface area (Å²) in [6.45, 7) is 4.07. The molecule has 1 fully saturated rings. The van der Waals surface area contributed by atoms with Crippen molar-refractivity contribution in [2.45, 2.75) is 39.8 Å². The SMILES string of the molecule is Cc1ccc(CNC(=O)c2cc(-c3ncccc3CO)ccc2OCC2CC2)c(C)c1F. The fraction of sp³-hybridized carbons (Fsp3) is 0.308. The van der Waals surface area contributed by atoms with E-state index in [-0.39, 0.29) is 24.9 Å². The van der Waals surface area contributed by atoms with E-state index >= 15 is 0 Å². The number of halogens is 1. The van der Waals surface area contributed by atoms with Gasteiger partial charge in [-0.15, -0.1) is 0 Å². The van der Waals surface area contributed by atoms with Crippen LogP contribution in [0.1, 0.15) is 45.5 Å². The number of ether oxygens (including phenoxy) is 1. The highest BCUT2D eigenvalue weighted by molar-refractivity contribution is 5.98. The Hall–Kier alpha value is -3.25.